The van der Waals surface area contributed by atoms with Crippen molar-refractivity contribution in [3.05, 3.63) is 52.2 Å². The summed E-state index contributed by atoms with van der Waals surface area (Å²) in [7, 11) is 1.60. The predicted molar refractivity (Wildman–Crippen MR) is 77.3 cm³/mol. The summed E-state index contributed by atoms with van der Waals surface area (Å²) in [6.45, 7) is 1.15. The number of rotatable bonds is 7. The van der Waals surface area contributed by atoms with E-state index in [9.17, 15) is 4.79 Å². The van der Waals surface area contributed by atoms with Crippen LogP contribution in [0.25, 0.3) is 0 Å². The van der Waals surface area contributed by atoms with Crippen LogP contribution < -0.4 is 4.74 Å². The molecule has 106 valence electrons. The molecule has 1 aromatic heterocycles. The van der Waals surface area contributed by atoms with Gasteiger partial charge in [-0.05, 0) is 23.6 Å². The molecule has 0 aliphatic rings. The molecule has 0 atom stereocenters. The zero-order valence-corrected chi connectivity index (χ0v) is 12.0. The Morgan fingerprint density at radius 3 is 2.75 bits per heavy atom. The highest BCUT2D eigenvalue weighted by atomic mass is 32.1. The molecule has 0 amide bonds. The molecule has 4 nitrogen and oxygen atoms in total. The first kappa shape index (κ1) is 14.6. The number of methoxy groups -OCH3 is 1. The quantitative estimate of drug-likeness (QED) is 0.581. The molecule has 0 fully saturated rings. The van der Waals surface area contributed by atoms with Crippen molar-refractivity contribution in [2.45, 2.75) is 6.61 Å². The molecule has 0 bridgehead atoms. The van der Waals surface area contributed by atoms with Gasteiger partial charge in [0.1, 0.15) is 24.5 Å². The van der Waals surface area contributed by atoms with E-state index in [2.05, 4.69) is 0 Å². The topological polar surface area (TPSA) is 44.8 Å². The second kappa shape index (κ2) is 7.67. The summed E-state index contributed by atoms with van der Waals surface area (Å²) >= 11 is 1.56. The maximum Gasteiger partial charge on any atom is 0.342 e. The molecule has 2 rings (SSSR count). The fraction of sp³-hybridized carbons (Fsp3) is 0.267. The van der Waals surface area contributed by atoms with Crippen molar-refractivity contribution in [1.29, 1.82) is 0 Å². The molecule has 1 heterocycles. The van der Waals surface area contributed by atoms with Gasteiger partial charge in [-0.2, -0.15) is 0 Å². The summed E-state index contributed by atoms with van der Waals surface area (Å²) in [5, 5.41) is 1.95. The standard InChI is InChI=1S/C15H16O4S/c1-17-8-9-18-14-7-3-2-6-13(14)15(16)19-11-12-5-4-10-20-12/h2-7,10H,8-9,11H2,1H3. The third-order valence-corrected chi connectivity index (χ3v) is 3.43. The Bertz CT molecular complexity index is 537. The van der Waals surface area contributed by atoms with Crippen LogP contribution in [0.15, 0.2) is 41.8 Å². The largest absolute Gasteiger partial charge is 0.490 e. The Kier molecular flexibility index (Phi) is 5.58. The number of para-hydroxylation sites is 1. The van der Waals surface area contributed by atoms with Gasteiger partial charge >= 0.3 is 5.97 Å². The van der Waals surface area contributed by atoms with Gasteiger partial charge in [0.15, 0.2) is 0 Å². The Morgan fingerprint density at radius 1 is 1.15 bits per heavy atom. The molecular weight excluding hydrogens is 276 g/mol. The van der Waals surface area contributed by atoms with Crippen LogP contribution in [0, 0.1) is 0 Å². The number of esters is 1. The van der Waals surface area contributed by atoms with E-state index in [1.165, 1.54) is 0 Å². The zero-order valence-electron chi connectivity index (χ0n) is 11.2. The van der Waals surface area contributed by atoms with Crippen LogP contribution in [-0.2, 0) is 16.1 Å². The van der Waals surface area contributed by atoms with Crippen molar-refractivity contribution in [3.63, 3.8) is 0 Å². The fourth-order valence-electron chi connectivity index (χ4n) is 1.61. The third kappa shape index (κ3) is 4.08. The summed E-state index contributed by atoms with van der Waals surface area (Å²) in [4.78, 5) is 13.1. The Labute approximate surface area is 121 Å². The molecular formula is C15H16O4S. The monoisotopic (exact) mass is 292 g/mol. The first-order valence-corrected chi connectivity index (χ1v) is 7.09. The fourth-order valence-corrected chi connectivity index (χ4v) is 2.22. The van der Waals surface area contributed by atoms with Gasteiger partial charge in [0, 0.05) is 12.0 Å². The van der Waals surface area contributed by atoms with Gasteiger partial charge in [-0.25, -0.2) is 4.79 Å². The second-order valence-corrected chi connectivity index (χ2v) is 5.03. The minimum absolute atomic E-state index is 0.281. The van der Waals surface area contributed by atoms with Crippen molar-refractivity contribution in [2.75, 3.05) is 20.3 Å². The molecule has 0 aliphatic carbocycles. The van der Waals surface area contributed by atoms with Gasteiger partial charge in [0.05, 0.1) is 6.61 Å². The van der Waals surface area contributed by atoms with Gasteiger partial charge in [0.25, 0.3) is 0 Å². The van der Waals surface area contributed by atoms with Crippen LogP contribution in [0.1, 0.15) is 15.2 Å². The predicted octanol–water partition coefficient (Wildman–Crippen LogP) is 3.13. The summed E-state index contributed by atoms with van der Waals surface area (Å²) in [6, 6.07) is 10.9. The van der Waals surface area contributed by atoms with E-state index < -0.39 is 0 Å². The molecule has 20 heavy (non-hydrogen) atoms. The lowest BCUT2D eigenvalue weighted by atomic mass is 10.2. The Morgan fingerprint density at radius 2 is 2.00 bits per heavy atom. The van der Waals surface area contributed by atoms with Crippen molar-refractivity contribution < 1.29 is 19.0 Å². The van der Waals surface area contributed by atoms with E-state index >= 15 is 0 Å². The SMILES string of the molecule is COCCOc1ccccc1C(=O)OCc1cccs1. The lowest BCUT2D eigenvalue weighted by Gasteiger charge is -2.10. The van der Waals surface area contributed by atoms with Crippen LogP contribution in [0.3, 0.4) is 0 Å². The zero-order chi connectivity index (χ0) is 14.2. The van der Waals surface area contributed by atoms with Crippen molar-refractivity contribution in [2.24, 2.45) is 0 Å². The minimum atomic E-state index is -0.383. The summed E-state index contributed by atoms with van der Waals surface area (Å²) in [5.41, 5.74) is 0.431. The van der Waals surface area contributed by atoms with Gasteiger partial charge in [-0.3, -0.25) is 0 Å². The van der Waals surface area contributed by atoms with Crippen molar-refractivity contribution in [1.82, 2.24) is 0 Å². The van der Waals surface area contributed by atoms with E-state index in [0.717, 1.165) is 4.88 Å². The molecule has 0 N–H and O–H groups in total. The highest BCUT2D eigenvalue weighted by Gasteiger charge is 2.13. The van der Waals surface area contributed by atoms with Crippen molar-refractivity contribution in [3.8, 4) is 5.75 Å². The van der Waals surface area contributed by atoms with E-state index in [0.29, 0.717) is 24.5 Å². The van der Waals surface area contributed by atoms with Crippen LogP contribution in [0.5, 0.6) is 5.75 Å². The average Bonchev–Trinajstić information content (AvgIpc) is 2.99. The lowest BCUT2D eigenvalue weighted by Crippen LogP contribution is -2.10. The lowest BCUT2D eigenvalue weighted by molar-refractivity contribution is 0.0470. The molecule has 1 aromatic carbocycles. The highest BCUT2D eigenvalue weighted by Crippen LogP contribution is 2.20. The van der Waals surface area contributed by atoms with Crippen LogP contribution in [0.4, 0.5) is 0 Å². The molecule has 0 aliphatic heterocycles. The number of ether oxygens (including phenoxy) is 3. The number of carbonyl (C=O) groups excluding carboxylic acids is 1. The van der Waals surface area contributed by atoms with Gasteiger partial charge < -0.3 is 14.2 Å². The number of hydrogen-bond acceptors (Lipinski definition) is 5. The smallest absolute Gasteiger partial charge is 0.342 e. The van der Waals surface area contributed by atoms with Crippen molar-refractivity contribution >= 4 is 17.3 Å². The summed E-state index contributed by atoms with van der Waals surface area (Å²) < 4.78 is 15.7. The average molecular weight is 292 g/mol. The number of benzene rings is 1. The maximum absolute atomic E-state index is 12.1. The van der Waals surface area contributed by atoms with E-state index in [-0.39, 0.29) is 12.6 Å². The first-order chi connectivity index (χ1) is 9.81. The molecule has 2 aromatic rings. The molecule has 0 spiro atoms. The van der Waals surface area contributed by atoms with Crippen LogP contribution in [-0.4, -0.2) is 26.3 Å². The Balaban J connectivity index is 1.97. The van der Waals surface area contributed by atoms with E-state index in [4.69, 9.17) is 14.2 Å². The van der Waals surface area contributed by atoms with E-state index in [1.807, 2.05) is 23.6 Å². The molecule has 5 heteroatoms. The van der Waals surface area contributed by atoms with Gasteiger partial charge in [-0.1, -0.05) is 18.2 Å². The number of thiophene rings is 1. The number of hydrogen-bond donors (Lipinski definition) is 0. The van der Waals surface area contributed by atoms with Gasteiger partial charge in [-0.15, -0.1) is 11.3 Å². The molecule has 0 saturated carbocycles. The highest BCUT2D eigenvalue weighted by molar-refractivity contribution is 7.09. The number of carbonyl (C=O) groups is 1. The normalized spacial score (nSPS) is 10.2. The Hall–Kier alpha value is -1.85. The molecule has 0 radical (unpaired) electrons. The van der Waals surface area contributed by atoms with E-state index in [1.54, 1.807) is 36.6 Å². The second-order valence-electron chi connectivity index (χ2n) is 3.99. The van der Waals surface area contributed by atoms with Crippen LogP contribution in [0.2, 0.25) is 0 Å². The molecule has 0 unspecified atom stereocenters. The maximum atomic E-state index is 12.1. The minimum Gasteiger partial charge on any atom is -0.490 e. The van der Waals surface area contributed by atoms with Crippen LogP contribution >= 0.6 is 11.3 Å². The summed E-state index contributed by atoms with van der Waals surface area (Å²) in [6.07, 6.45) is 0. The molecule has 0 saturated heterocycles. The first-order valence-electron chi connectivity index (χ1n) is 6.21. The third-order valence-electron chi connectivity index (χ3n) is 2.58. The van der Waals surface area contributed by atoms with Gasteiger partial charge in [0.2, 0.25) is 0 Å². The summed E-state index contributed by atoms with van der Waals surface area (Å²) in [5.74, 6) is 0.132.